The van der Waals surface area contributed by atoms with Gasteiger partial charge in [-0.25, -0.2) is 0 Å². The molecule has 1 unspecified atom stereocenters. The highest BCUT2D eigenvalue weighted by atomic mass is 16.2. The average Bonchev–Trinajstić information content (AvgIpc) is 2.90. The molecule has 1 saturated heterocycles. The maximum Gasteiger partial charge on any atom is 0.227 e. The smallest absolute Gasteiger partial charge is 0.227 e. The van der Waals surface area contributed by atoms with Crippen LogP contribution in [0.15, 0.2) is 30.3 Å². The number of nitrogens with zero attached hydrogens (tertiary/aromatic N) is 1. The van der Waals surface area contributed by atoms with E-state index in [0.29, 0.717) is 5.91 Å². The fraction of sp³-hybridized carbons (Fsp3) is 0.500. The van der Waals surface area contributed by atoms with Gasteiger partial charge in [0.2, 0.25) is 5.91 Å². The molecule has 1 fully saturated rings. The normalized spacial score (nSPS) is 19.2. The van der Waals surface area contributed by atoms with Crippen LogP contribution in [0.5, 0.6) is 0 Å². The second-order valence-electron chi connectivity index (χ2n) is 4.53. The van der Waals surface area contributed by atoms with Crippen molar-refractivity contribution in [3.05, 3.63) is 35.9 Å². The van der Waals surface area contributed by atoms with Gasteiger partial charge in [-0.2, -0.15) is 0 Å². The molecule has 0 aliphatic carbocycles. The lowest BCUT2D eigenvalue weighted by Crippen LogP contribution is -2.36. The third-order valence-electron chi connectivity index (χ3n) is 3.32. The van der Waals surface area contributed by atoms with Gasteiger partial charge < -0.3 is 10.2 Å². The Balaban J connectivity index is 1.98. The van der Waals surface area contributed by atoms with Crippen molar-refractivity contribution in [2.75, 3.05) is 19.6 Å². The van der Waals surface area contributed by atoms with E-state index in [0.717, 1.165) is 32.6 Å². The van der Waals surface area contributed by atoms with Crippen molar-refractivity contribution in [3.8, 4) is 0 Å². The summed E-state index contributed by atoms with van der Waals surface area (Å²) in [6.07, 6.45) is 0.976. The predicted octanol–water partition coefficient (Wildman–Crippen LogP) is 1.64. The number of carbonyl (C=O) groups excluding carboxylic acids is 1. The predicted molar refractivity (Wildman–Crippen MR) is 68.5 cm³/mol. The van der Waals surface area contributed by atoms with Crippen molar-refractivity contribution >= 4 is 5.91 Å². The molecular formula is C14H20N2O. The number of amides is 1. The van der Waals surface area contributed by atoms with Crippen LogP contribution in [0.3, 0.4) is 0 Å². The molecule has 1 atom stereocenters. The molecule has 1 aromatic carbocycles. The molecule has 1 amide bonds. The SMILES string of the molecule is CCN(Cc1ccccc1)C(=O)C1CCNC1. The van der Waals surface area contributed by atoms with E-state index in [9.17, 15) is 4.79 Å². The first-order chi connectivity index (χ1) is 8.31. The van der Waals surface area contributed by atoms with Crippen LogP contribution in [0.25, 0.3) is 0 Å². The topological polar surface area (TPSA) is 32.3 Å². The number of nitrogens with one attached hydrogen (secondary N) is 1. The van der Waals surface area contributed by atoms with E-state index >= 15 is 0 Å². The van der Waals surface area contributed by atoms with Crippen LogP contribution in [-0.4, -0.2) is 30.4 Å². The Kier molecular flexibility index (Phi) is 4.15. The second kappa shape index (κ2) is 5.82. The van der Waals surface area contributed by atoms with E-state index in [2.05, 4.69) is 17.4 Å². The second-order valence-corrected chi connectivity index (χ2v) is 4.53. The molecule has 3 nitrogen and oxygen atoms in total. The van der Waals surface area contributed by atoms with Gasteiger partial charge in [0.05, 0.1) is 5.92 Å². The van der Waals surface area contributed by atoms with Crippen LogP contribution in [0, 0.1) is 5.92 Å². The zero-order valence-corrected chi connectivity index (χ0v) is 10.4. The Morgan fingerprint density at radius 2 is 2.18 bits per heavy atom. The van der Waals surface area contributed by atoms with Gasteiger partial charge in [-0.15, -0.1) is 0 Å². The Labute approximate surface area is 103 Å². The van der Waals surface area contributed by atoms with E-state index in [-0.39, 0.29) is 5.92 Å². The molecule has 1 aliphatic heterocycles. The van der Waals surface area contributed by atoms with E-state index in [1.54, 1.807) is 0 Å². The Hall–Kier alpha value is -1.35. The molecule has 0 radical (unpaired) electrons. The number of carbonyl (C=O) groups is 1. The van der Waals surface area contributed by atoms with Crippen LogP contribution in [0.4, 0.5) is 0 Å². The van der Waals surface area contributed by atoms with Crippen molar-refractivity contribution in [1.29, 1.82) is 0 Å². The summed E-state index contributed by atoms with van der Waals surface area (Å²) in [6.45, 7) is 5.36. The molecule has 1 N–H and O–H groups in total. The summed E-state index contributed by atoms with van der Waals surface area (Å²) in [6, 6.07) is 10.2. The van der Waals surface area contributed by atoms with Crippen molar-refractivity contribution in [2.24, 2.45) is 5.92 Å². The highest BCUT2D eigenvalue weighted by Gasteiger charge is 2.26. The van der Waals surface area contributed by atoms with Crippen molar-refractivity contribution in [3.63, 3.8) is 0 Å². The quantitative estimate of drug-likeness (QED) is 0.856. The lowest BCUT2D eigenvalue weighted by Gasteiger charge is -2.24. The fourth-order valence-electron chi connectivity index (χ4n) is 2.27. The van der Waals surface area contributed by atoms with E-state index in [1.165, 1.54) is 5.56 Å². The van der Waals surface area contributed by atoms with Gasteiger partial charge in [0.25, 0.3) is 0 Å². The van der Waals surface area contributed by atoms with Gasteiger partial charge in [0, 0.05) is 19.6 Å². The molecule has 3 heteroatoms. The largest absolute Gasteiger partial charge is 0.338 e. The summed E-state index contributed by atoms with van der Waals surface area (Å²) in [5.74, 6) is 0.472. The molecule has 0 spiro atoms. The minimum absolute atomic E-state index is 0.179. The summed E-state index contributed by atoms with van der Waals surface area (Å²) in [5, 5.41) is 3.25. The summed E-state index contributed by atoms with van der Waals surface area (Å²) >= 11 is 0. The zero-order valence-electron chi connectivity index (χ0n) is 10.4. The van der Waals surface area contributed by atoms with E-state index in [1.807, 2.05) is 30.0 Å². The molecule has 0 aromatic heterocycles. The van der Waals surface area contributed by atoms with Gasteiger partial charge in [0.15, 0.2) is 0 Å². The lowest BCUT2D eigenvalue weighted by atomic mass is 10.1. The Bertz CT molecular complexity index is 358. The fourth-order valence-corrected chi connectivity index (χ4v) is 2.27. The molecule has 0 bridgehead atoms. The Morgan fingerprint density at radius 3 is 2.76 bits per heavy atom. The zero-order chi connectivity index (χ0) is 12.1. The van der Waals surface area contributed by atoms with Gasteiger partial charge in [0.1, 0.15) is 0 Å². The van der Waals surface area contributed by atoms with Crippen LogP contribution in [-0.2, 0) is 11.3 Å². The summed E-state index contributed by atoms with van der Waals surface area (Å²) in [4.78, 5) is 14.2. The van der Waals surface area contributed by atoms with Crippen LogP contribution < -0.4 is 5.32 Å². The van der Waals surface area contributed by atoms with E-state index in [4.69, 9.17) is 0 Å². The van der Waals surface area contributed by atoms with Crippen molar-refractivity contribution in [2.45, 2.75) is 19.9 Å². The number of benzene rings is 1. The highest BCUT2D eigenvalue weighted by Crippen LogP contribution is 2.14. The van der Waals surface area contributed by atoms with Gasteiger partial charge in [-0.1, -0.05) is 30.3 Å². The minimum Gasteiger partial charge on any atom is -0.338 e. The highest BCUT2D eigenvalue weighted by molar-refractivity contribution is 5.79. The molecule has 1 aliphatic rings. The van der Waals surface area contributed by atoms with Gasteiger partial charge in [-0.3, -0.25) is 4.79 Å². The molecule has 1 heterocycles. The summed E-state index contributed by atoms with van der Waals surface area (Å²) in [5.41, 5.74) is 1.20. The van der Waals surface area contributed by atoms with Crippen molar-refractivity contribution < 1.29 is 4.79 Å². The number of rotatable bonds is 4. The van der Waals surface area contributed by atoms with Crippen LogP contribution >= 0.6 is 0 Å². The molecule has 1 aromatic rings. The first kappa shape index (κ1) is 12.1. The molecule has 17 heavy (non-hydrogen) atoms. The summed E-state index contributed by atoms with van der Waals surface area (Å²) < 4.78 is 0. The van der Waals surface area contributed by atoms with Crippen molar-refractivity contribution in [1.82, 2.24) is 10.2 Å². The van der Waals surface area contributed by atoms with Crippen LogP contribution in [0.1, 0.15) is 18.9 Å². The Morgan fingerprint density at radius 1 is 1.41 bits per heavy atom. The van der Waals surface area contributed by atoms with Gasteiger partial charge in [-0.05, 0) is 25.5 Å². The standard InChI is InChI=1S/C14H20N2O/c1-2-16(11-12-6-4-3-5-7-12)14(17)13-8-9-15-10-13/h3-7,13,15H,2,8-11H2,1H3. The monoisotopic (exact) mass is 232 g/mol. The molecule has 92 valence electrons. The average molecular weight is 232 g/mol. The third-order valence-corrected chi connectivity index (χ3v) is 3.32. The first-order valence-corrected chi connectivity index (χ1v) is 6.34. The van der Waals surface area contributed by atoms with Gasteiger partial charge >= 0.3 is 0 Å². The summed E-state index contributed by atoms with van der Waals surface area (Å²) in [7, 11) is 0. The van der Waals surface area contributed by atoms with Crippen LogP contribution in [0.2, 0.25) is 0 Å². The maximum atomic E-state index is 12.3. The molecule has 0 saturated carbocycles. The van der Waals surface area contributed by atoms with E-state index < -0.39 is 0 Å². The lowest BCUT2D eigenvalue weighted by molar-refractivity contribution is -0.135. The minimum atomic E-state index is 0.179. The maximum absolute atomic E-state index is 12.3. The number of hydrogen-bond donors (Lipinski definition) is 1. The molecule has 2 rings (SSSR count). The molecular weight excluding hydrogens is 212 g/mol. The first-order valence-electron chi connectivity index (χ1n) is 6.34. The number of hydrogen-bond acceptors (Lipinski definition) is 2. The third kappa shape index (κ3) is 3.07.